The summed E-state index contributed by atoms with van der Waals surface area (Å²) in [5, 5.41) is 0. The van der Waals surface area contributed by atoms with Crippen molar-refractivity contribution in [2.24, 2.45) is 0 Å². The first-order valence-electron chi connectivity index (χ1n) is 12.0. The molecule has 0 N–H and O–H groups in total. The Morgan fingerprint density at radius 2 is 0.861 bits per heavy atom. The summed E-state index contributed by atoms with van der Waals surface area (Å²) in [7, 11) is 0. The van der Waals surface area contributed by atoms with Crippen molar-refractivity contribution in [1.29, 1.82) is 0 Å². The van der Waals surface area contributed by atoms with Gasteiger partial charge in [0.2, 0.25) is 0 Å². The molecule has 0 bridgehead atoms. The molecule has 0 fully saturated rings. The number of rotatable bonds is 6. The highest BCUT2D eigenvalue weighted by Gasteiger charge is 2.41. The summed E-state index contributed by atoms with van der Waals surface area (Å²) >= 11 is 0. The molecule has 0 radical (unpaired) electrons. The van der Waals surface area contributed by atoms with Gasteiger partial charge in [0.25, 0.3) is 0 Å². The molecule has 0 spiro atoms. The molecule has 0 saturated carbocycles. The van der Waals surface area contributed by atoms with Gasteiger partial charge in [-0.2, -0.15) is 0 Å². The van der Waals surface area contributed by atoms with Crippen molar-refractivity contribution in [3.63, 3.8) is 0 Å². The second kappa shape index (κ2) is 8.79. The van der Waals surface area contributed by atoms with Crippen LogP contribution in [0, 0.1) is 0 Å². The maximum Gasteiger partial charge on any atom is 0.324 e. The van der Waals surface area contributed by atoms with Gasteiger partial charge < -0.3 is 0 Å². The van der Waals surface area contributed by atoms with Crippen LogP contribution < -0.4 is 11.1 Å². The molecule has 1 aromatic heterocycles. The predicted molar refractivity (Wildman–Crippen MR) is 144 cm³/mol. The Kier molecular flexibility index (Phi) is 5.31. The van der Waals surface area contributed by atoms with Gasteiger partial charge in [0.15, 0.2) is 0 Å². The highest BCUT2D eigenvalue weighted by molar-refractivity contribution is 5.81. The van der Waals surface area contributed by atoms with E-state index in [9.17, 15) is 9.59 Å². The van der Waals surface area contributed by atoms with Crippen LogP contribution in [-0.4, -0.2) is 4.57 Å². The first-order valence-corrected chi connectivity index (χ1v) is 12.0. The second-order valence-corrected chi connectivity index (χ2v) is 8.86. The lowest BCUT2D eigenvalue weighted by Crippen LogP contribution is -2.32. The Bertz CT molecular complexity index is 1570. The minimum Gasteiger partial charge on any atom is -0.262 e. The number of benzene rings is 5. The molecule has 5 aromatic carbocycles. The first-order chi connectivity index (χ1) is 17.7. The van der Waals surface area contributed by atoms with Crippen molar-refractivity contribution < 1.29 is 0 Å². The van der Waals surface area contributed by atoms with Crippen molar-refractivity contribution >= 4 is 0 Å². The third-order valence-electron chi connectivity index (χ3n) is 6.91. The van der Waals surface area contributed by atoms with Crippen LogP contribution in [0.15, 0.2) is 149 Å². The molecule has 0 saturated heterocycles. The van der Waals surface area contributed by atoms with Crippen LogP contribution in [0.25, 0.3) is 16.8 Å². The SMILES string of the molecule is O=c1c(=O)n1-c1cccc(C(c2ccccc2)(c2ccccc2)c2ccccc2)c1-c1ccccc1. The van der Waals surface area contributed by atoms with Crippen LogP contribution in [0.2, 0.25) is 0 Å². The summed E-state index contributed by atoms with van der Waals surface area (Å²) < 4.78 is 1.28. The molecule has 3 nitrogen and oxygen atoms in total. The average Bonchev–Trinajstić information content (AvgIpc) is 3.56. The molecule has 6 rings (SSSR count). The van der Waals surface area contributed by atoms with Gasteiger partial charge in [-0.15, -0.1) is 0 Å². The molecule has 0 amide bonds. The molecule has 3 heteroatoms. The Morgan fingerprint density at radius 3 is 1.28 bits per heavy atom. The molecule has 172 valence electrons. The van der Waals surface area contributed by atoms with E-state index in [1.54, 1.807) is 0 Å². The highest BCUT2D eigenvalue weighted by Crippen LogP contribution is 2.49. The van der Waals surface area contributed by atoms with Crippen LogP contribution >= 0.6 is 0 Å². The van der Waals surface area contributed by atoms with E-state index in [1.165, 1.54) is 4.57 Å². The summed E-state index contributed by atoms with van der Waals surface area (Å²) in [5.74, 6) is 0. The van der Waals surface area contributed by atoms with Gasteiger partial charge in [0.1, 0.15) is 0 Å². The second-order valence-electron chi connectivity index (χ2n) is 8.86. The van der Waals surface area contributed by atoms with Crippen molar-refractivity contribution in [1.82, 2.24) is 4.57 Å². The molecule has 0 aliphatic carbocycles. The van der Waals surface area contributed by atoms with E-state index in [2.05, 4.69) is 78.9 Å². The third kappa shape index (κ3) is 3.37. The van der Waals surface area contributed by atoms with Crippen LogP contribution in [0.5, 0.6) is 0 Å². The molecule has 36 heavy (non-hydrogen) atoms. The van der Waals surface area contributed by atoms with Crippen molar-refractivity contribution in [2.75, 3.05) is 0 Å². The average molecular weight is 466 g/mol. The largest absolute Gasteiger partial charge is 0.324 e. The maximum atomic E-state index is 12.3. The Labute approximate surface area is 209 Å². The lowest BCUT2D eigenvalue weighted by molar-refractivity contribution is 0.746. The van der Waals surface area contributed by atoms with Gasteiger partial charge in [-0.3, -0.25) is 9.59 Å². The van der Waals surface area contributed by atoms with Crippen molar-refractivity contribution in [3.8, 4) is 16.8 Å². The summed E-state index contributed by atoms with van der Waals surface area (Å²) in [4.78, 5) is 24.7. The topological polar surface area (TPSA) is 39.1 Å². The summed E-state index contributed by atoms with van der Waals surface area (Å²) in [6.07, 6.45) is 0. The first kappa shape index (κ1) is 21.8. The molecule has 0 aliphatic rings. The Hall–Kier alpha value is -4.76. The summed E-state index contributed by atoms with van der Waals surface area (Å²) in [6.45, 7) is 0. The van der Waals surface area contributed by atoms with E-state index in [0.717, 1.165) is 33.4 Å². The molecule has 0 atom stereocenters. The third-order valence-corrected chi connectivity index (χ3v) is 6.91. The fourth-order valence-corrected chi connectivity index (χ4v) is 5.33. The van der Waals surface area contributed by atoms with Gasteiger partial charge in [-0.05, 0) is 33.9 Å². The van der Waals surface area contributed by atoms with E-state index in [0.29, 0.717) is 5.69 Å². The predicted octanol–water partition coefficient (Wildman–Crippen LogP) is 6.12. The zero-order valence-corrected chi connectivity index (χ0v) is 19.5. The van der Waals surface area contributed by atoms with Crippen LogP contribution in [0.4, 0.5) is 0 Å². The smallest absolute Gasteiger partial charge is 0.262 e. The van der Waals surface area contributed by atoms with E-state index in [4.69, 9.17) is 0 Å². The molecular formula is C33H23NO2. The lowest BCUT2D eigenvalue weighted by atomic mass is 9.63. The monoisotopic (exact) mass is 465 g/mol. The number of nitrogens with zero attached hydrogens (tertiary/aromatic N) is 1. The fourth-order valence-electron chi connectivity index (χ4n) is 5.33. The van der Waals surface area contributed by atoms with E-state index in [-0.39, 0.29) is 0 Å². The molecule has 1 heterocycles. The standard InChI is InChI=1S/C33H23NO2/c35-31-32(36)34(31)29-23-13-22-28(30(29)24-14-5-1-6-15-24)33(25-16-7-2-8-17-25,26-18-9-3-10-19-26)27-20-11-4-12-21-27/h1-23H. The molecular weight excluding hydrogens is 442 g/mol. The number of aromatic nitrogens is 1. The van der Waals surface area contributed by atoms with Crippen LogP contribution in [0.1, 0.15) is 22.3 Å². The van der Waals surface area contributed by atoms with Gasteiger partial charge in [-0.1, -0.05) is 133 Å². The van der Waals surface area contributed by atoms with Gasteiger partial charge in [0, 0.05) is 5.56 Å². The number of hydrogen-bond donors (Lipinski definition) is 0. The highest BCUT2D eigenvalue weighted by atomic mass is 16.2. The lowest BCUT2D eigenvalue weighted by Gasteiger charge is -2.38. The Morgan fingerprint density at radius 1 is 0.444 bits per heavy atom. The van der Waals surface area contributed by atoms with Gasteiger partial charge in [-0.25, -0.2) is 4.57 Å². The maximum absolute atomic E-state index is 12.3. The summed E-state index contributed by atoms with van der Waals surface area (Å²) in [5.41, 5.74) is 5.07. The molecule has 0 unspecified atom stereocenters. The quantitative estimate of drug-likeness (QED) is 0.219. The van der Waals surface area contributed by atoms with Gasteiger partial charge >= 0.3 is 11.1 Å². The normalized spacial score (nSPS) is 11.6. The van der Waals surface area contributed by atoms with E-state index in [1.807, 2.05) is 60.7 Å². The summed E-state index contributed by atoms with van der Waals surface area (Å²) in [6, 6.07) is 47.2. The minimum atomic E-state index is -0.701. The zero-order chi connectivity index (χ0) is 24.5. The zero-order valence-electron chi connectivity index (χ0n) is 19.5. The van der Waals surface area contributed by atoms with E-state index >= 15 is 0 Å². The molecule has 6 aromatic rings. The van der Waals surface area contributed by atoms with Gasteiger partial charge in [0.05, 0.1) is 11.1 Å². The minimum absolute atomic E-state index is 0.478. The van der Waals surface area contributed by atoms with Crippen molar-refractivity contribution in [3.05, 3.63) is 182 Å². The molecule has 0 aliphatic heterocycles. The van der Waals surface area contributed by atoms with Crippen LogP contribution in [-0.2, 0) is 5.41 Å². The van der Waals surface area contributed by atoms with E-state index < -0.39 is 16.5 Å². The number of hydrogen-bond acceptors (Lipinski definition) is 2. The van der Waals surface area contributed by atoms with Crippen LogP contribution in [0.3, 0.4) is 0 Å². The fraction of sp³-hybridized carbons (Fsp3) is 0.0303. The Balaban J connectivity index is 1.82. The van der Waals surface area contributed by atoms with Crippen molar-refractivity contribution in [2.45, 2.75) is 5.41 Å².